The summed E-state index contributed by atoms with van der Waals surface area (Å²) in [6, 6.07) is 10.5. The zero-order valence-electron chi connectivity index (χ0n) is 9.57. The quantitative estimate of drug-likeness (QED) is 0.586. The second kappa shape index (κ2) is 5.39. The Kier molecular flexibility index (Phi) is 4.16. The summed E-state index contributed by atoms with van der Waals surface area (Å²) in [6.07, 6.45) is 0. The zero-order valence-corrected chi connectivity index (χ0v) is 9.57. The summed E-state index contributed by atoms with van der Waals surface area (Å²) in [4.78, 5) is 4.37. The normalized spacial score (nSPS) is 14.0. The van der Waals surface area contributed by atoms with Crippen LogP contribution in [0.4, 0.5) is 0 Å². The van der Waals surface area contributed by atoms with Crippen molar-refractivity contribution in [2.45, 2.75) is 32.9 Å². The lowest BCUT2D eigenvalue weighted by molar-refractivity contribution is 0.711. The summed E-state index contributed by atoms with van der Waals surface area (Å²) in [7, 11) is 0. The molecule has 1 rings (SSSR count). The molecule has 0 radical (unpaired) electrons. The van der Waals surface area contributed by atoms with Gasteiger partial charge >= 0.3 is 0 Å². The van der Waals surface area contributed by atoms with E-state index in [1.807, 2.05) is 39.0 Å². The Morgan fingerprint density at radius 2 is 1.80 bits per heavy atom. The number of nitrogens with two attached hydrogens (primary N) is 1. The van der Waals surface area contributed by atoms with E-state index in [1.54, 1.807) is 0 Å². The van der Waals surface area contributed by atoms with Gasteiger partial charge in [-0.05, 0) is 26.3 Å². The molecule has 82 valence electrons. The first-order valence-electron chi connectivity index (χ1n) is 5.24. The van der Waals surface area contributed by atoms with Crippen LogP contribution in [0.5, 0.6) is 0 Å². The fraction of sp³-hybridized carbons (Fsp3) is 0.417. The molecule has 0 fully saturated rings. The van der Waals surface area contributed by atoms with E-state index in [0.29, 0.717) is 12.0 Å². The Balaban J connectivity index is 2.66. The summed E-state index contributed by atoms with van der Waals surface area (Å²) < 4.78 is 0. The highest BCUT2D eigenvalue weighted by atomic mass is 15.1. The van der Waals surface area contributed by atoms with E-state index in [-0.39, 0.29) is 6.04 Å². The van der Waals surface area contributed by atoms with Gasteiger partial charge < -0.3 is 11.1 Å². The van der Waals surface area contributed by atoms with Crippen molar-refractivity contribution in [3.8, 4) is 0 Å². The summed E-state index contributed by atoms with van der Waals surface area (Å²) in [5.41, 5.74) is 6.92. The van der Waals surface area contributed by atoms with Crippen molar-refractivity contribution in [2.75, 3.05) is 0 Å². The number of hydrogen-bond donors (Lipinski definition) is 2. The van der Waals surface area contributed by atoms with Gasteiger partial charge in [0.25, 0.3) is 0 Å². The lowest BCUT2D eigenvalue weighted by Crippen LogP contribution is -2.36. The molecule has 1 atom stereocenters. The van der Waals surface area contributed by atoms with Crippen molar-refractivity contribution in [1.82, 2.24) is 5.32 Å². The molecule has 0 aromatic heterocycles. The Morgan fingerprint density at radius 1 is 1.20 bits per heavy atom. The monoisotopic (exact) mass is 205 g/mol. The van der Waals surface area contributed by atoms with Gasteiger partial charge in [-0.2, -0.15) is 0 Å². The van der Waals surface area contributed by atoms with Gasteiger partial charge in [-0.15, -0.1) is 0 Å². The van der Waals surface area contributed by atoms with Gasteiger partial charge in [0.05, 0.1) is 6.04 Å². The number of nitrogens with zero attached hydrogens (tertiary/aromatic N) is 1. The molecule has 3 heteroatoms. The topological polar surface area (TPSA) is 50.4 Å². The second-order valence-electron chi connectivity index (χ2n) is 3.90. The SMILES string of the molecule is CC(C)NC(N)=N[C@@H](C)c1ccccc1. The first-order valence-corrected chi connectivity index (χ1v) is 5.24. The smallest absolute Gasteiger partial charge is 0.189 e. The third kappa shape index (κ3) is 4.02. The van der Waals surface area contributed by atoms with Gasteiger partial charge in [0.2, 0.25) is 0 Å². The molecule has 0 aliphatic carbocycles. The van der Waals surface area contributed by atoms with E-state index < -0.39 is 0 Å². The van der Waals surface area contributed by atoms with E-state index in [9.17, 15) is 0 Å². The van der Waals surface area contributed by atoms with Crippen LogP contribution in [0.2, 0.25) is 0 Å². The van der Waals surface area contributed by atoms with Crippen LogP contribution in [-0.4, -0.2) is 12.0 Å². The van der Waals surface area contributed by atoms with Crippen LogP contribution < -0.4 is 11.1 Å². The maximum absolute atomic E-state index is 5.75. The summed E-state index contributed by atoms with van der Waals surface area (Å²) in [6.45, 7) is 6.11. The van der Waals surface area contributed by atoms with Crippen LogP contribution in [0.25, 0.3) is 0 Å². The van der Waals surface area contributed by atoms with Gasteiger partial charge in [-0.3, -0.25) is 0 Å². The Labute approximate surface area is 91.4 Å². The zero-order chi connectivity index (χ0) is 11.3. The molecule has 0 bridgehead atoms. The van der Waals surface area contributed by atoms with E-state index in [1.165, 1.54) is 5.56 Å². The van der Waals surface area contributed by atoms with Gasteiger partial charge in [-0.1, -0.05) is 30.3 Å². The molecule has 0 amide bonds. The minimum absolute atomic E-state index is 0.0949. The maximum Gasteiger partial charge on any atom is 0.189 e. The highest BCUT2D eigenvalue weighted by Gasteiger charge is 2.03. The van der Waals surface area contributed by atoms with E-state index in [4.69, 9.17) is 5.73 Å². The Bertz CT molecular complexity index is 317. The number of benzene rings is 1. The van der Waals surface area contributed by atoms with Gasteiger partial charge in [-0.25, -0.2) is 4.99 Å². The Morgan fingerprint density at radius 3 is 2.33 bits per heavy atom. The fourth-order valence-electron chi connectivity index (χ4n) is 1.35. The molecule has 0 heterocycles. The number of nitrogens with one attached hydrogen (secondary N) is 1. The fourth-order valence-corrected chi connectivity index (χ4v) is 1.35. The predicted octanol–water partition coefficient (Wildman–Crippen LogP) is 2.06. The molecular formula is C12H19N3. The predicted molar refractivity (Wildman–Crippen MR) is 64.8 cm³/mol. The number of hydrogen-bond acceptors (Lipinski definition) is 1. The lowest BCUT2D eigenvalue weighted by atomic mass is 10.1. The first-order chi connectivity index (χ1) is 7.09. The van der Waals surface area contributed by atoms with Crippen LogP contribution in [0.3, 0.4) is 0 Å². The van der Waals surface area contributed by atoms with Crippen molar-refractivity contribution in [2.24, 2.45) is 10.7 Å². The van der Waals surface area contributed by atoms with Crippen LogP contribution in [0.1, 0.15) is 32.4 Å². The van der Waals surface area contributed by atoms with Crippen LogP contribution in [0.15, 0.2) is 35.3 Å². The summed E-state index contributed by atoms with van der Waals surface area (Å²) in [5, 5.41) is 3.07. The van der Waals surface area contributed by atoms with Crippen LogP contribution in [0, 0.1) is 0 Å². The van der Waals surface area contributed by atoms with Crippen LogP contribution in [-0.2, 0) is 0 Å². The molecule has 0 aliphatic rings. The third-order valence-corrected chi connectivity index (χ3v) is 2.05. The second-order valence-corrected chi connectivity index (χ2v) is 3.90. The first kappa shape index (κ1) is 11.6. The minimum atomic E-state index is 0.0949. The molecular weight excluding hydrogens is 186 g/mol. The average Bonchev–Trinajstić information content (AvgIpc) is 2.17. The van der Waals surface area contributed by atoms with Crippen molar-refractivity contribution < 1.29 is 0 Å². The highest BCUT2D eigenvalue weighted by Crippen LogP contribution is 2.15. The lowest BCUT2D eigenvalue weighted by Gasteiger charge is -2.12. The van der Waals surface area contributed by atoms with Crippen molar-refractivity contribution in [3.05, 3.63) is 35.9 Å². The molecule has 3 N–H and O–H groups in total. The molecule has 0 saturated carbocycles. The molecule has 0 saturated heterocycles. The molecule has 1 aromatic rings. The molecule has 3 nitrogen and oxygen atoms in total. The van der Waals surface area contributed by atoms with Gasteiger partial charge in [0.1, 0.15) is 0 Å². The number of aliphatic imine (C=N–C) groups is 1. The van der Waals surface area contributed by atoms with Crippen LogP contribution >= 0.6 is 0 Å². The molecule has 0 spiro atoms. The highest BCUT2D eigenvalue weighted by molar-refractivity contribution is 5.78. The largest absolute Gasteiger partial charge is 0.370 e. The maximum atomic E-state index is 5.75. The third-order valence-electron chi connectivity index (χ3n) is 2.05. The number of guanidine groups is 1. The molecule has 0 aliphatic heterocycles. The number of rotatable bonds is 3. The van der Waals surface area contributed by atoms with Gasteiger partial charge in [0.15, 0.2) is 5.96 Å². The van der Waals surface area contributed by atoms with Crippen molar-refractivity contribution in [3.63, 3.8) is 0 Å². The van der Waals surface area contributed by atoms with E-state index >= 15 is 0 Å². The molecule has 0 unspecified atom stereocenters. The Hall–Kier alpha value is -1.51. The molecule has 1 aromatic carbocycles. The van der Waals surface area contributed by atoms with E-state index in [0.717, 1.165) is 0 Å². The van der Waals surface area contributed by atoms with Crippen molar-refractivity contribution >= 4 is 5.96 Å². The minimum Gasteiger partial charge on any atom is -0.370 e. The average molecular weight is 205 g/mol. The van der Waals surface area contributed by atoms with Gasteiger partial charge in [0, 0.05) is 6.04 Å². The molecule has 15 heavy (non-hydrogen) atoms. The van der Waals surface area contributed by atoms with Crippen molar-refractivity contribution in [1.29, 1.82) is 0 Å². The summed E-state index contributed by atoms with van der Waals surface area (Å²) >= 11 is 0. The summed E-state index contributed by atoms with van der Waals surface area (Å²) in [5.74, 6) is 0.501. The standard InChI is InChI=1S/C12H19N3/c1-9(2)14-12(13)15-10(3)11-7-5-4-6-8-11/h4-10H,1-3H3,(H3,13,14,15)/t10-/m0/s1. The van der Waals surface area contributed by atoms with E-state index in [2.05, 4.69) is 22.4 Å².